The standard InChI is InChI=1S/C17H17FO3/c1-2-21-16-10-6-3-7-12(16)11-14(17(19)20)13-8-4-5-9-15(13)18/h3-10,14H,2,11H2,1H3,(H,19,20). The summed E-state index contributed by atoms with van der Waals surface area (Å²) >= 11 is 0. The Hall–Kier alpha value is -2.36. The van der Waals surface area contributed by atoms with E-state index in [1.54, 1.807) is 18.2 Å². The second kappa shape index (κ2) is 6.88. The van der Waals surface area contributed by atoms with E-state index in [9.17, 15) is 14.3 Å². The van der Waals surface area contributed by atoms with Crippen molar-refractivity contribution in [2.45, 2.75) is 19.3 Å². The Morgan fingerprint density at radius 3 is 2.52 bits per heavy atom. The molecule has 0 aliphatic heterocycles. The third-order valence-electron chi connectivity index (χ3n) is 3.28. The summed E-state index contributed by atoms with van der Waals surface area (Å²) in [6.07, 6.45) is 0.187. The van der Waals surface area contributed by atoms with Gasteiger partial charge in [-0.05, 0) is 31.0 Å². The molecule has 0 amide bonds. The van der Waals surface area contributed by atoms with E-state index >= 15 is 0 Å². The molecule has 2 aromatic rings. The van der Waals surface area contributed by atoms with E-state index < -0.39 is 17.7 Å². The molecule has 0 saturated heterocycles. The van der Waals surface area contributed by atoms with Crippen LogP contribution in [0.5, 0.6) is 5.75 Å². The minimum Gasteiger partial charge on any atom is -0.494 e. The number of rotatable bonds is 6. The highest BCUT2D eigenvalue weighted by Crippen LogP contribution is 2.28. The van der Waals surface area contributed by atoms with Crippen LogP contribution in [0.4, 0.5) is 4.39 Å². The first-order chi connectivity index (χ1) is 10.1. The molecule has 3 nitrogen and oxygen atoms in total. The third-order valence-corrected chi connectivity index (χ3v) is 3.28. The van der Waals surface area contributed by atoms with Crippen LogP contribution in [0.3, 0.4) is 0 Å². The van der Waals surface area contributed by atoms with Gasteiger partial charge in [-0.15, -0.1) is 0 Å². The summed E-state index contributed by atoms with van der Waals surface area (Å²) in [5.41, 5.74) is 0.950. The Morgan fingerprint density at radius 2 is 1.86 bits per heavy atom. The first-order valence-corrected chi connectivity index (χ1v) is 6.81. The normalized spacial score (nSPS) is 11.9. The van der Waals surface area contributed by atoms with Gasteiger partial charge < -0.3 is 9.84 Å². The number of aliphatic carboxylic acids is 1. The predicted molar refractivity (Wildman–Crippen MR) is 78.1 cm³/mol. The van der Waals surface area contributed by atoms with Gasteiger partial charge in [0.05, 0.1) is 12.5 Å². The van der Waals surface area contributed by atoms with Gasteiger partial charge in [-0.1, -0.05) is 36.4 Å². The zero-order valence-electron chi connectivity index (χ0n) is 11.8. The SMILES string of the molecule is CCOc1ccccc1CC(C(=O)O)c1ccccc1F. The first-order valence-electron chi connectivity index (χ1n) is 6.81. The van der Waals surface area contributed by atoms with Gasteiger partial charge in [0.25, 0.3) is 0 Å². The summed E-state index contributed by atoms with van der Waals surface area (Å²) in [4.78, 5) is 11.5. The molecule has 0 radical (unpaired) electrons. The zero-order valence-corrected chi connectivity index (χ0v) is 11.8. The smallest absolute Gasteiger partial charge is 0.311 e. The molecule has 0 aliphatic carbocycles. The molecule has 2 rings (SSSR count). The van der Waals surface area contributed by atoms with Crippen molar-refractivity contribution < 1.29 is 19.0 Å². The van der Waals surface area contributed by atoms with Crippen LogP contribution in [-0.4, -0.2) is 17.7 Å². The van der Waals surface area contributed by atoms with E-state index in [0.29, 0.717) is 12.4 Å². The first kappa shape index (κ1) is 15.0. The van der Waals surface area contributed by atoms with E-state index in [2.05, 4.69) is 0 Å². The van der Waals surface area contributed by atoms with Crippen molar-refractivity contribution in [3.05, 3.63) is 65.5 Å². The summed E-state index contributed by atoms with van der Waals surface area (Å²) in [5.74, 6) is -1.85. The summed E-state index contributed by atoms with van der Waals surface area (Å²) in [6.45, 7) is 2.36. The second-order valence-corrected chi connectivity index (χ2v) is 4.66. The van der Waals surface area contributed by atoms with Crippen LogP contribution in [0, 0.1) is 5.82 Å². The minimum absolute atomic E-state index is 0.187. The zero-order chi connectivity index (χ0) is 15.2. The van der Waals surface area contributed by atoms with Crippen LogP contribution < -0.4 is 4.74 Å². The van der Waals surface area contributed by atoms with Gasteiger partial charge in [-0.3, -0.25) is 4.79 Å². The van der Waals surface area contributed by atoms with Crippen LogP contribution in [0.2, 0.25) is 0 Å². The fourth-order valence-electron chi connectivity index (χ4n) is 2.28. The van der Waals surface area contributed by atoms with Crippen molar-refractivity contribution in [2.75, 3.05) is 6.61 Å². The molecule has 0 fully saturated rings. The maximum Gasteiger partial charge on any atom is 0.311 e. The maximum atomic E-state index is 13.9. The van der Waals surface area contributed by atoms with Crippen molar-refractivity contribution in [1.29, 1.82) is 0 Å². The van der Waals surface area contributed by atoms with Gasteiger partial charge >= 0.3 is 5.97 Å². The Balaban J connectivity index is 2.34. The van der Waals surface area contributed by atoms with Crippen molar-refractivity contribution in [3.63, 3.8) is 0 Å². The number of para-hydroxylation sites is 1. The molecule has 2 aromatic carbocycles. The average Bonchev–Trinajstić information content (AvgIpc) is 2.47. The predicted octanol–water partition coefficient (Wildman–Crippen LogP) is 3.64. The van der Waals surface area contributed by atoms with E-state index in [4.69, 9.17) is 4.74 Å². The largest absolute Gasteiger partial charge is 0.494 e. The Labute approximate surface area is 123 Å². The van der Waals surface area contributed by atoms with Gasteiger partial charge in [0.2, 0.25) is 0 Å². The molecule has 0 bridgehead atoms. The second-order valence-electron chi connectivity index (χ2n) is 4.66. The van der Waals surface area contributed by atoms with Crippen molar-refractivity contribution in [3.8, 4) is 5.75 Å². The lowest BCUT2D eigenvalue weighted by atomic mass is 9.91. The van der Waals surface area contributed by atoms with Crippen molar-refractivity contribution >= 4 is 5.97 Å². The maximum absolute atomic E-state index is 13.9. The molecule has 21 heavy (non-hydrogen) atoms. The van der Waals surface area contributed by atoms with Crippen LogP contribution in [0.25, 0.3) is 0 Å². The lowest BCUT2D eigenvalue weighted by molar-refractivity contribution is -0.138. The number of halogens is 1. The van der Waals surface area contributed by atoms with E-state index in [1.165, 1.54) is 12.1 Å². The van der Waals surface area contributed by atoms with Gasteiger partial charge in [0, 0.05) is 5.56 Å². The molecule has 0 aliphatic rings. The number of carbonyl (C=O) groups is 1. The summed E-state index contributed by atoms with van der Waals surface area (Å²) in [6, 6.07) is 13.2. The number of ether oxygens (including phenoxy) is 1. The van der Waals surface area contributed by atoms with Crippen LogP contribution in [0.1, 0.15) is 24.0 Å². The molecule has 1 unspecified atom stereocenters. The van der Waals surface area contributed by atoms with E-state index in [-0.39, 0.29) is 12.0 Å². The highest BCUT2D eigenvalue weighted by molar-refractivity contribution is 5.76. The molecule has 0 spiro atoms. The molecular formula is C17H17FO3. The van der Waals surface area contributed by atoms with Crippen LogP contribution in [-0.2, 0) is 11.2 Å². The van der Waals surface area contributed by atoms with Gasteiger partial charge in [0.1, 0.15) is 11.6 Å². The summed E-state index contributed by atoms with van der Waals surface area (Å²) < 4.78 is 19.4. The minimum atomic E-state index is -1.05. The third kappa shape index (κ3) is 3.60. The molecule has 1 atom stereocenters. The lowest BCUT2D eigenvalue weighted by Crippen LogP contribution is -2.16. The molecular weight excluding hydrogens is 271 g/mol. The Bertz CT molecular complexity index is 625. The highest BCUT2D eigenvalue weighted by Gasteiger charge is 2.24. The summed E-state index contributed by atoms with van der Waals surface area (Å²) in [7, 11) is 0. The van der Waals surface area contributed by atoms with Gasteiger partial charge in [0.15, 0.2) is 0 Å². The molecule has 110 valence electrons. The fourth-order valence-corrected chi connectivity index (χ4v) is 2.28. The molecule has 0 heterocycles. The van der Waals surface area contributed by atoms with Gasteiger partial charge in [-0.25, -0.2) is 4.39 Å². The van der Waals surface area contributed by atoms with Crippen molar-refractivity contribution in [1.82, 2.24) is 0 Å². The molecule has 0 aromatic heterocycles. The topological polar surface area (TPSA) is 46.5 Å². The van der Waals surface area contributed by atoms with Crippen LogP contribution in [0.15, 0.2) is 48.5 Å². The lowest BCUT2D eigenvalue weighted by Gasteiger charge is -2.16. The van der Waals surface area contributed by atoms with E-state index in [1.807, 2.05) is 25.1 Å². The number of hydrogen-bond acceptors (Lipinski definition) is 2. The molecule has 1 N–H and O–H groups in total. The van der Waals surface area contributed by atoms with Crippen molar-refractivity contribution in [2.24, 2.45) is 0 Å². The highest BCUT2D eigenvalue weighted by atomic mass is 19.1. The Morgan fingerprint density at radius 1 is 1.19 bits per heavy atom. The van der Waals surface area contributed by atoms with E-state index in [0.717, 1.165) is 5.56 Å². The summed E-state index contributed by atoms with van der Waals surface area (Å²) in [5, 5.41) is 9.43. The monoisotopic (exact) mass is 288 g/mol. The Kier molecular flexibility index (Phi) is 4.93. The fraction of sp³-hybridized carbons (Fsp3) is 0.235. The number of hydrogen-bond donors (Lipinski definition) is 1. The van der Waals surface area contributed by atoms with Crippen LogP contribution >= 0.6 is 0 Å². The number of carboxylic acid groups (broad SMARTS) is 1. The number of carboxylic acids is 1. The number of benzene rings is 2. The quantitative estimate of drug-likeness (QED) is 0.882. The average molecular weight is 288 g/mol. The molecule has 4 heteroatoms. The van der Waals surface area contributed by atoms with Gasteiger partial charge in [-0.2, -0.15) is 0 Å². The molecule has 0 saturated carbocycles.